The van der Waals surface area contributed by atoms with E-state index in [0.29, 0.717) is 10.6 Å². The molecular formula is C17H18N2O2S2. The highest BCUT2D eigenvalue weighted by Gasteiger charge is 2.20. The maximum absolute atomic E-state index is 12.8. The lowest BCUT2D eigenvalue weighted by molar-refractivity contribution is 0.600. The number of rotatable bonds is 3. The van der Waals surface area contributed by atoms with E-state index >= 15 is 0 Å². The highest BCUT2D eigenvalue weighted by molar-refractivity contribution is 7.92. The van der Waals surface area contributed by atoms with Crippen molar-refractivity contribution in [2.24, 2.45) is 0 Å². The van der Waals surface area contributed by atoms with E-state index in [4.69, 9.17) is 0 Å². The summed E-state index contributed by atoms with van der Waals surface area (Å²) in [5, 5.41) is 0.963. The largest absolute Gasteiger partial charge is 0.280 e. The van der Waals surface area contributed by atoms with Gasteiger partial charge >= 0.3 is 0 Å². The van der Waals surface area contributed by atoms with Crippen molar-refractivity contribution in [1.82, 2.24) is 4.98 Å². The number of nitrogens with one attached hydrogen (secondary N) is 1. The molecule has 1 N–H and O–H groups in total. The van der Waals surface area contributed by atoms with Gasteiger partial charge in [-0.15, -0.1) is 11.3 Å². The van der Waals surface area contributed by atoms with Crippen LogP contribution in [0.1, 0.15) is 21.7 Å². The molecule has 1 heterocycles. The third-order valence-corrected chi connectivity index (χ3v) is 6.24. The first-order valence-electron chi connectivity index (χ1n) is 7.24. The van der Waals surface area contributed by atoms with Crippen LogP contribution in [0.4, 0.5) is 5.69 Å². The molecule has 0 spiro atoms. The fraction of sp³-hybridized carbons (Fsp3) is 0.235. The Kier molecular flexibility index (Phi) is 3.90. The van der Waals surface area contributed by atoms with Crippen LogP contribution in [-0.4, -0.2) is 13.4 Å². The van der Waals surface area contributed by atoms with E-state index in [1.54, 1.807) is 17.4 Å². The summed E-state index contributed by atoms with van der Waals surface area (Å²) < 4.78 is 29.2. The van der Waals surface area contributed by atoms with Crippen LogP contribution < -0.4 is 4.72 Å². The van der Waals surface area contributed by atoms with Gasteiger partial charge in [0.05, 0.1) is 25.8 Å². The Balaban J connectivity index is 2.03. The summed E-state index contributed by atoms with van der Waals surface area (Å²) in [6.07, 6.45) is 0. The van der Waals surface area contributed by atoms with Crippen LogP contribution in [0.15, 0.2) is 35.2 Å². The molecule has 0 aliphatic heterocycles. The van der Waals surface area contributed by atoms with Gasteiger partial charge in [0.25, 0.3) is 10.0 Å². The fourth-order valence-electron chi connectivity index (χ4n) is 2.90. The van der Waals surface area contributed by atoms with Crippen LogP contribution >= 0.6 is 11.3 Å². The van der Waals surface area contributed by atoms with Gasteiger partial charge < -0.3 is 0 Å². The van der Waals surface area contributed by atoms with E-state index in [0.717, 1.165) is 31.9 Å². The summed E-state index contributed by atoms with van der Waals surface area (Å²) >= 11 is 1.55. The lowest BCUT2D eigenvalue weighted by Crippen LogP contribution is -2.15. The summed E-state index contributed by atoms with van der Waals surface area (Å²) in [6, 6.07) is 9.19. The van der Waals surface area contributed by atoms with Gasteiger partial charge in [0.1, 0.15) is 0 Å². The van der Waals surface area contributed by atoms with Gasteiger partial charge in [-0.1, -0.05) is 17.7 Å². The van der Waals surface area contributed by atoms with E-state index in [-0.39, 0.29) is 0 Å². The number of nitrogens with zero attached hydrogens (tertiary/aromatic N) is 1. The smallest absolute Gasteiger partial charge is 0.262 e. The predicted octanol–water partition coefficient (Wildman–Crippen LogP) is 4.33. The van der Waals surface area contributed by atoms with Crippen molar-refractivity contribution in [2.75, 3.05) is 4.72 Å². The second-order valence-electron chi connectivity index (χ2n) is 5.75. The third-order valence-electron chi connectivity index (χ3n) is 3.62. The molecule has 0 atom stereocenters. The quantitative estimate of drug-likeness (QED) is 0.768. The molecule has 1 aromatic heterocycles. The number of hydrogen-bond acceptors (Lipinski definition) is 4. The second-order valence-corrected chi connectivity index (χ2v) is 8.60. The van der Waals surface area contributed by atoms with Gasteiger partial charge in [0.15, 0.2) is 0 Å². The summed E-state index contributed by atoms with van der Waals surface area (Å²) in [5.74, 6) is 0. The molecule has 0 saturated carbocycles. The number of benzene rings is 2. The Bertz CT molecular complexity index is 982. The minimum atomic E-state index is -3.62. The van der Waals surface area contributed by atoms with Gasteiger partial charge in [0, 0.05) is 0 Å². The van der Waals surface area contributed by atoms with Crippen LogP contribution in [-0.2, 0) is 10.0 Å². The summed E-state index contributed by atoms with van der Waals surface area (Å²) in [5.41, 5.74) is 4.01. The molecule has 23 heavy (non-hydrogen) atoms. The number of sulfonamides is 1. The minimum absolute atomic E-state index is 0.351. The minimum Gasteiger partial charge on any atom is -0.280 e. The van der Waals surface area contributed by atoms with Crippen molar-refractivity contribution in [3.05, 3.63) is 52.0 Å². The monoisotopic (exact) mass is 346 g/mol. The summed E-state index contributed by atoms with van der Waals surface area (Å²) in [7, 11) is -3.62. The van der Waals surface area contributed by atoms with E-state index in [9.17, 15) is 8.42 Å². The molecule has 0 unspecified atom stereocenters. The number of aryl methyl sites for hydroxylation is 4. The summed E-state index contributed by atoms with van der Waals surface area (Å²) in [6.45, 7) is 7.55. The van der Waals surface area contributed by atoms with Crippen molar-refractivity contribution in [2.45, 2.75) is 32.6 Å². The molecule has 4 nitrogen and oxygen atoms in total. The summed E-state index contributed by atoms with van der Waals surface area (Å²) in [4.78, 5) is 4.74. The highest BCUT2D eigenvalue weighted by atomic mass is 32.2. The lowest BCUT2D eigenvalue weighted by Gasteiger charge is -2.14. The molecular weight excluding hydrogens is 328 g/mol. The van der Waals surface area contributed by atoms with Crippen LogP contribution in [0.5, 0.6) is 0 Å². The molecule has 0 fully saturated rings. The molecule has 0 aliphatic rings. The predicted molar refractivity (Wildman–Crippen MR) is 95.8 cm³/mol. The fourth-order valence-corrected chi connectivity index (χ4v) is 5.27. The van der Waals surface area contributed by atoms with Crippen molar-refractivity contribution in [3.63, 3.8) is 0 Å². The van der Waals surface area contributed by atoms with Gasteiger partial charge in [0.2, 0.25) is 0 Å². The van der Waals surface area contributed by atoms with Crippen molar-refractivity contribution in [3.8, 4) is 0 Å². The van der Waals surface area contributed by atoms with Crippen molar-refractivity contribution >= 4 is 37.3 Å². The van der Waals surface area contributed by atoms with Gasteiger partial charge in [-0.25, -0.2) is 13.4 Å². The lowest BCUT2D eigenvalue weighted by atomic mass is 10.1. The molecule has 0 amide bonds. The Morgan fingerprint density at radius 2 is 1.65 bits per heavy atom. The van der Waals surface area contributed by atoms with E-state index in [1.165, 1.54) is 0 Å². The number of hydrogen-bond donors (Lipinski definition) is 1. The molecule has 0 aliphatic carbocycles. The Morgan fingerprint density at radius 3 is 2.30 bits per heavy atom. The first kappa shape index (κ1) is 16.0. The first-order chi connectivity index (χ1) is 10.8. The number of thiazole rings is 1. The first-order valence-corrected chi connectivity index (χ1v) is 9.54. The molecule has 0 radical (unpaired) electrons. The Labute approximate surface area is 140 Å². The number of anilines is 1. The molecule has 0 bridgehead atoms. The molecule has 120 valence electrons. The number of aromatic nitrogens is 1. The van der Waals surface area contributed by atoms with Crippen LogP contribution in [0.3, 0.4) is 0 Å². The second kappa shape index (κ2) is 5.62. The molecule has 3 rings (SSSR count). The van der Waals surface area contributed by atoms with Crippen molar-refractivity contribution in [1.29, 1.82) is 0 Å². The molecule has 0 saturated heterocycles. The zero-order chi connectivity index (χ0) is 16.8. The van der Waals surface area contributed by atoms with Gasteiger partial charge in [-0.2, -0.15) is 0 Å². The third kappa shape index (κ3) is 3.09. The molecule has 6 heteroatoms. The average Bonchev–Trinajstić information content (AvgIpc) is 2.75. The van der Waals surface area contributed by atoms with E-state index in [1.807, 2.05) is 52.0 Å². The van der Waals surface area contributed by atoms with E-state index < -0.39 is 10.0 Å². The zero-order valence-electron chi connectivity index (χ0n) is 13.5. The normalized spacial score (nSPS) is 11.8. The maximum Gasteiger partial charge on any atom is 0.262 e. The molecule has 3 aromatic rings. The SMILES string of the molecule is Cc1cc(C)c(S(=O)(=O)Nc2ccc3nc(C)sc3c2)c(C)c1. The van der Waals surface area contributed by atoms with Crippen LogP contribution in [0.2, 0.25) is 0 Å². The van der Waals surface area contributed by atoms with Gasteiger partial charge in [-0.05, 0) is 57.0 Å². The van der Waals surface area contributed by atoms with E-state index in [2.05, 4.69) is 9.71 Å². The van der Waals surface area contributed by atoms with Crippen LogP contribution in [0.25, 0.3) is 10.2 Å². The number of fused-ring (bicyclic) bond motifs is 1. The molecule has 2 aromatic carbocycles. The Hall–Kier alpha value is -1.92. The van der Waals surface area contributed by atoms with Crippen LogP contribution in [0, 0.1) is 27.7 Å². The maximum atomic E-state index is 12.8. The zero-order valence-corrected chi connectivity index (χ0v) is 15.1. The average molecular weight is 346 g/mol. The topological polar surface area (TPSA) is 59.1 Å². The van der Waals surface area contributed by atoms with Gasteiger partial charge in [-0.3, -0.25) is 4.72 Å². The Morgan fingerprint density at radius 1 is 1.00 bits per heavy atom. The van der Waals surface area contributed by atoms with Crippen molar-refractivity contribution < 1.29 is 8.42 Å². The highest BCUT2D eigenvalue weighted by Crippen LogP contribution is 2.28. The standard InChI is InChI=1S/C17H18N2O2S2/c1-10-7-11(2)17(12(3)8-10)23(20,21)19-14-5-6-15-16(9-14)22-13(4)18-15/h5-9,19H,1-4H3.